The Bertz CT molecular complexity index is 676. The smallest absolute Gasteiger partial charge is 0.282 e. The summed E-state index contributed by atoms with van der Waals surface area (Å²) in [6, 6.07) is 4.82. The Morgan fingerprint density at radius 2 is 1.93 bits per heavy atom. The third-order valence-electron chi connectivity index (χ3n) is 5.75. The molecule has 3 rings (SSSR count). The van der Waals surface area contributed by atoms with Gasteiger partial charge in [-0.2, -0.15) is 0 Å². The molecule has 6 nitrogen and oxygen atoms in total. The number of nitrogens with zero attached hydrogens (tertiary/aromatic N) is 3. The van der Waals surface area contributed by atoms with Crippen molar-refractivity contribution in [2.75, 3.05) is 39.0 Å². The summed E-state index contributed by atoms with van der Waals surface area (Å²) in [5, 5.41) is 11.4. The predicted molar refractivity (Wildman–Crippen MR) is 108 cm³/mol. The lowest BCUT2D eigenvalue weighted by Crippen LogP contribution is -2.37. The van der Waals surface area contributed by atoms with E-state index in [4.69, 9.17) is 0 Å². The second kappa shape index (κ2) is 9.55. The van der Waals surface area contributed by atoms with Gasteiger partial charge in [0.15, 0.2) is 0 Å². The molecular weight excluding hydrogens is 362 g/mol. The van der Waals surface area contributed by atoms with E-state index in [1.165, 1.54) is 49.9 Å². The second-order valence-corrected chi connectivity index (χ2v) is 8.47. The number of hydrogen-bond donors (Lipinski definition) is 0. The molecule has 0 radical (unpaired) electrons. The van der Waals surface area contributed by atoms with Crippen molar-refractivity contribution in [1.82, 2.24) is 9.80 Å². The van der Waals surface area contributed by atoms with Crippen LogP contribution >= 0.6 is 11.8 Å². The van der Waals surface area contributed by atoms with Gasteiger partial charge in [-0.05, 0) is 50.1 Å². The highest BCUT2D eigenvalue weighted by atomic mass is 32.2. The molecule has 0 unspecified atom stereocenters. The molecule has 7 heteroatoms. The second-order valence-electron chi connectivity index (χ2n) is 7.59. The highest BCUT2D eigenvalue weighted by Crippen LogP contribution is 2.27. The summed E-state index contributed by atoms with van der Waals surface area (Å²) >= 11 is 1.49. The van der Waals surface area contributed by atoms with Crippen molar-refractivity contribution in [2.24, 2.45) is 5.92 Å². The first kappa shape index (κ1) is 20.1. The van der Waals surface area contributed by atoms with Crippen LogP contribution in [0.5, 0.6) is 0 Å². The average Bonchev–Trinajstić information content (AvgIpc) is 2.93. The minimum Gasteiger partial charge on any atom is -0.337 e. The zero-order valence-corrected chi connectivity index (χ0v) is 16.9. The molecule has 1 saturated carbocycles. The van der Waals surface area contributed by atoms with Gasteiger partial charge >= 0.3 is 0 Å². The standard InChI is InChI=1S/C20H29N3O3S/c1-27-17-8-9-19(23(25)26)18(14-17)20(24)22-11-5-10-21(12-13-22)15-16-6-3-2-4-7-16/h8-9,14,16H,2-7,10-13,15H2,1H3. The number of hydrogen-bond acceptors (Lipinski definition) is 5. The summed E-state index contributed by atoms with van der Waals surface area (Å²) < 4.78 is 0. The molecule has 0 aromatic heterocycles. The lowest BCUT2D eigenvalue weighted by molar-refractivity contribution is -0.385. The molecule has 0 bridgehead atoms. The molecule has 1 saturated heterocycles. The lowest BCUT2D eigenvalue weighted by atomic mass is 9.89. The van der Waals surface area contributed by atoms with Gasteiger partial charge in [0.1, 0.15) is 5.56 Å². The lowest BCUT2D eigenvalue weighted by Gasteiger charge is -2.28. The summed E-state index contributed by atoms with van der Waals surface area (Å²) in [5.74, 6) is 0.581. The molecule has 1 aromatic carbocycles. The number of carbonyl (C=O) groups excluding carboxylic acids is 1. The molecule has 2 aliphatic rings. The molecule has 0 atom stereocenters. The van der Waals surface area contributed by atoms with Crippen LogP contribution in [-0.4, -0.2) is 59.6 Å². The van der Waals surface area contributed by atoms with Gasteiger partial charge in [-0.25, -0.2) is 0 Å². The molecular formula is C20H29N3O3S. The quantitative estimate of drug-likeness (QED) is 0.430. The first-order valence-corrected chi connectivity index (χ1v) is 11.1. The van der Waals surface area contributed by atoms with Gasteiger partial charge in [0.05, 0.1) is 4.92 Å². The van der Waals surface area contributed by atoms with Gasteiger partial charge in [0.25, 0.3) is 11.6 Å². The van der Waals surface area contributed by atoms with Crippen LogP contribution in [0.1, 0.15) is 48.9 Å². The molecule has 148 valence electrons. The maximum atomic E-state index is 13.0. The summed E-state index contributed by atoms with van der Waals surface area (Å²) in [4.78, 5) is 29.1. The van der Waals surface area contributed by atoms with E-state index >= 15 is 0 Å². The fourth-order valence-corrected chi connectivity index (χ4v) is 4.67. The van der Waals surface area contributed by atoms with Gasteiger partial charge in [-0.3, -0.25) is 14.9 Å². The van der Waals surface area contributed by atoms with Crippen LogP contribution in [0.2, 0.25) is 0 Å². The topological polar surface area (TPSA) is 66.7 Å². The third-order valence-corrected chi connectivity index (χ3v) is 6.47. The molecule has 2 fully saturated rings. The van der Waals surface area contributed by atoms with Crippen molar-refractivity contribution in [3.8, 4) is 0 Å². The third kappa shape index (κ3) is 5.23. The van der Waals surface area contributed by atoms with Crippen molar-refractivity contribution in [1.29, 1.82) is 0 Å². The molecule has 27 heavy (non-hydrogen) atoms. The fraction of sp³-hybridized carbons (Fsp3) is 0.650. The maximum Gasteiger partial charge on any atom is 0.282 e. The van der Waals surface area contributed by atoms with E-state index in [0.29, 0.717) is 13.1 Å². The van der Waals surface area contributed by atoms with E-state index in [2.05, 4.69) is 4.90 Å². The normalized spacial score (nSPS) is 19.7. The molecule has 1 heterocycles. The van der Waals surface area contributed by atoms with E-state index in [0.717, 1.165) is 36.9 Å². The van der Waals surface area contributed by atoms with Crippen molar-refractivity contribution in [3.63, 3.8) is 0 Å². The zero-order valence-electron chi connectivity index (χ0n) is 16.1. The van der Waals surface area contributed by atoms with Crippen molar-refractivity contribution < 1.29 is 9.72 Å². The van der Waals surface area contributed by atoms with Crippen LogP contribution in [-0.2, 0) is 0 Å². The molecule has 1 aliphatic heterocycles. The number of amides is 1. The van der Waals surface area contributed by atoms with Crippen molar-refractivity contribution in [3.05, 3.63) is 33.9 Å². The number of nitro benzene ring substituents is 1. The van der Waals surface area contributed by atoms with Crippen LogP contribution in [0.25, 0.3) is 0 Å². The molecule has 1 aromatic rings. The van der Waals surface area contributed by atoms with Gasteiger partial charge in [0.2, 0.25) is 0 Å². The van der Waals surface area contributed by atoms with E-state index in [1.807, 2.05) is 6.26 Å². The van der Waals surface area contributed by atoms with Crippen molar-refractivity contribution in [2.45, 2.75) is 43.4 Å². The highest BCUT2D eigenvalue weighted by molar-refractivity contribution is 7.98. The molecule has 0 spiro atoms. The van der Waals surface area contributed by atoms with Crippen LogP contribution in [0, 0.1) is 16.0 Å². The monoisotopic (exact) mass is 391 g/mol. The first-order valence-electron chi connectivity index (χ1n) is 9.92. The highest BCUT2D eigenvalue weighted by Gasteiger charge is 2.27. The van der Waals surface area contributed by atoms with Crippen LogP contribution in [0.15, 0.2) is 23.1 Å². The number of nitro groups is 1. The molecule has 0 N–H and O–H groups in total. The first-order chi connectivity index (χ1) is 13.1. The average molecular weight is 392 g/mol. The van der Waals surface area contributed by atoms with E-state index in [1.54, 1.807) is 17.0 Å². The maximum absolute atomic E-state index is 13.0. The van der Waals surface area contributed by atoms with Gasteiger partial charge in [-0.1, -0.05) is 19.3 Å². The molecule has 1 amide bonds. The summed E-state index contributed by atoms with van der Waals surface area (Å²) in [6.45, 7) is 4.31. The van der Waals surface area contributed by atoms with Gasteiger partial charge < -0.3 is 9.80 Å². The zero-order chi connectivity index (χ0) is 19.2. The Morgan fingerprint density at radius 1 is 1.15 bits per heavy atom. The van der Waals surface area contributed by atoms with Crippen LogP contribution in [0.3, 0.4) is 0 Å². The predicted octanol–water partition coefficient (Wildman–Crippen LogP) is 4.04. The SMILES string of the molecule is CSc1ccc([N+](=O)[O-])c(C(=O)N2CCCN(CC3CCCCC3)CC2)c1. The van der Waals surface area contributed by atoms with E-state index in [-0.39, 0.29) is 17.2 Å². The fourth-order valence-electron chi connectivity index (χ4n) is 4.23. The van der Waals surface area contributed by atoms with E-state index in [9.17, 15) is 14.9 Å². The Hall–Kier alpha value is -1.60. The van der Waals surface area contributed by atoms with Crippen LogP contribution in [0.4, 0.5) is 5.69 Å². The van der Waals surface area contributed by atoms with Crippen molar-refractivity contribution >= 4 is 23.4 Å². The number of rotatable bonds is 5. The minimum absolute atomic E-state index is 0.0962. The molecule has 1 aliphatic carbocycles. The number of benzene rings is 1. The Labute approximate surface area is 165 Å². The Morgan fingerprint density at radius 3 is 2.63 bits per heavy atom. The largest absolute Gasteiger partial charge is 0.337 e. The summed E-state index contributed by atoms with van der Waals surface area (Å²) in [5.41, 5.74) is 0.119. The number of carbonyl (C=O) groups is 1. The Kier molecular flexibility index (Phi) is 7.13. The van der Waals surface area contributed by atoms with Crippen LogP contribution < -0.4 is 0 Å². The van der Waals surface area contributed by atoms with Gasteiger partial charge in [-0.15, -0.1) is 11.8 Å². The number of thioether (sulfide) groups is 1. The van der Waals surface area contributed by atoms with E-state index < -0.39 is 4.92 Å². The van der Waals surface area contributed by atoms with Gasteiger partial charge in [0, 0.05) is 37.1 Å². The minimum atomic E-state index is -0.454. The summed E-state index contributed by atoms with van der Waals surface area (Å²) in [7, 11) is 0. The summed E-state index contributed by atoms with van der Waals surface area (Å²) in [6.07, 6.45) is 9.54. The Balaban J connectivity index is 1.66.